The van der Waals surface area contributed by atoms with Crippen molar-refractivity contribution in [2.75, 3.05) is 18.0 Å². The lowest BCUT2D eigenvalue weighted by atomic mass is 10.2. The average molecular weight is 314 g/mol. The van der Waals surface area contributed by atoms with Crippen molar-refractivity contribution in [1.82, 2.24) is 19.7 Å². The molecule has 0 amide bonds. The van der Waals surface area contributed by atoms with Crippen LogP contribution in [-0.2, 0) is 13.0 Å². The SMILES string of the molecule is Cc1cn2c(n1)CCN(c1nncc3cc(Cl)ccc13)CC2. The Morgan fingerprint density at radius 1 is 1.18 bits per heavy atom. The smallest absolute Gasteiger partial charge is 0.159 e. The summed E-state index contributed by atoms with van der Waals surface area (Å²) in [4.78, 5) is 6.88. The molecule has 0 unspecified atom stereocenters. The third-order valence-electron chi connectivity index (χ3n) is 4.10. The van der Waals surface area contributed by atoms with Crippen molar-refractivity contribution in [3.05, 3.63) is 47.1 Å². The minimum absolute atomic E-state index is 0.720. The maximum atomic E-state index is 6.07. The molecule has 1 aliphatic rings. The highest BCUT2D eigenvalue weighted by Gasteiger charge is 2.18. The Kier molecular flexibility index (Phi) is 3.22. The third-order valence-corrected chi connectivity index (χ3v) is 4.33. The van der Waals surface area contributed by atoms with E-state index >= 15 is 0 Å². The third kappa shape index (κ3) is 2.31. The molecule has 1 aliphatic heterocycles. The standard InChI is InChI=1S/C16H16ClN5/c1-11-10-22-7-6-21(5-4-15(22)19-11)16-14-3-2-13(17)8-12(14)9-18-20-16/h2-3,8-10H,4-7H2,1H3. The summed E-state index contributed by atoms with van der Waals surface area (Å²) in [6, 6.07) is 5.86. The van der Waals surface area contributed by atoms with Gasteiger partial charge in [-0.3, -0.25) is 0 Å². The first-order valence-corrected chi connectivity index (χ1v) is 7.77. The van der Waals surface area contributed by atoms with Crippen LogP contribution in [0, 0.1) is 6.92 Å². The van der Waals surface area contributed by atoms with Gasteiger partial charge in [-0.1, -0.05) is 11.6 Å². The first kappa shape index (κ1) is 13.5. The molecule has 3 heterocycles. The zero-order valence-corrected chi connectivity index (χ0v) is 13.1. The van der Waals surface area contributed by atoms with E-state index in [0.717, 1.165) is 59.2 Å². The van der Waals surface area contributed by atoms with E-state index in [1.54, 1.807) is 6.20 Å². The molecule has 0 radical (unpaired) electrons. The molecule has 0 spiro atoms. The molecule has 0 saturated heterocycles. The van der Waals surface area contributed by atoms with Crippen LogP contribution in [0.3, 0.4) is 0 Å². The van der Waals surface area contributed by atoms with Gasteiger partial charge in [-0.25, -0.2) is 4.98 Å². The molecule has 1 aromatic carbocycles. The normalized spacial score (nSPS) is 14.9. The van der Waals surface area contributed by atoms with E-state index in [1.165, 1.54) is 0 Å². The van der Waals surface area contributed by atoms with Gasteiger partial charge >= 0.3 is 0 Å². The summed E-state index contributed by atoms with van der Waals surface area (Å²) in [5.74, 6) is 2.08. The zero-order chi connectivity index (χ0) is 15.1. The second-order valence-electron chi connectivity index (χ2n) is 5.63. The lowest BCUT2D eigenvalue weighted by molar-refractivity contribution is 0.683. The Labute approximate surface area is 133 Å². The van der Waals surface area contributed by atoms with Crippen molar-refractivity contribution in [1.29, 1.82) is 0 Å². The second-order valence-corrected chi connectivity index (χ2v) is 6.07. The largest absolute Gasteiger partial charge is 0.352 e. The number of hydrogen-bond acceptors (Lipinski definition) is 4. The van der Waals surface area contributed by atoms with Crippen molar-refractivity contribution in [3.8, 4) is 0 Å². The number of nitrogens with zero attached hydrogens (tertiary/aromatic N) is 5. The number of benzene rings is 1. The van der Waals surface area contributed by atoms with Gasteiger partial charge in [-0.15, -0.1) is 5.10 Å². The second kappa shape index (κ2) is 5.25. The van der Waals surface area contributed by atoms with Crippen LogP contribution in [0.25, 0.3) is 10.8 Å². The first-order valence-electron chi connectivity index (χ1n) is 7.39. The van der Waals surface area contributed by atoms with Crippen molar-refractivity contribution in [3.63, 3.8) is 0 Å². The van der Waals surface area contributed by atoms with Crippen LogP contribution in [0.4, 0.5) is 5.82 Å². The molecule has 0 bridgehead atoms. The van der Waals surface area contributed by atoms with E-state index in [2.05, 4.69) is 30.8 Å². The fourth-order valence-electron chi connectivity index (χ4n) is 3.05. The predicted molar refractivity (Wildman–Crippen MR) is 87.4 cm³/mol. The predicted octanol–water partition coefficient (Wildman–Crippen LogP) is 2.85. The molecule has 6 heteroatoms. The number of aromatic nitrogens is 4. The Hall–Kier alpha value is -2.14. The van der Waals surface area contributed by atoms with Crippen LogP contribution >= 0.6 is 11.6 Å². The molecule has 0 aliphatic carbocycles. The van der Waals surface area contributed by atoms with Crippen LogP contribution in [-0.4, -0.2) is 32.8 Å². The molecule has 112 valence electrons. The summed E-state index contributed by atoms with van der Waals surface area (Å²) in [7, 11) is 0. The van der Waals surface area contributed by atoms with Gasteiger partial charge < -0.3 is 9.47 Å². The molecule has 2 aromatic heterocycles. The molecular formula is C16H16ClN5. The van der Waals surface area contributed by atoms with Gasteiger partial charge in [0.05, 0.1) is 11.9 Å². The Balaban J connectivity index is 1.70. The van der Waals surface area contributed by atoms with Gasteiger partial charge in [-0.2, -0.15) is 5.10 Å². The number of imidazole rings is 1. The summed E-state index contributed by atoms with van der Waals surface area (Å²) >= 11 is 6.07. The first-order chi connectivity index (χ1) is 10.7. The van der Waals surface area contributed by atoms with Gasteiger partial charge in [0.2, 0.25) is 0 Å². The molecule has 22 heavy (non-hydrogen) atoms. The van der Waals surface area contributed by atoms with Crippen LogP contribution in [0.1, 0.15) is 11.5 Å². The van der Waals surface area contributed by atoms with Gasteiger partial charge in [0.15, 0.2) is 5.82 Å². The number of rotatable bonds is 1. The van der Waals surface area contributed by atoms with Gasteiger partial charge in [0, 0.05) is 48.0 Å². The van der Waals surface area contributed by atoms with Gasteiger partial charge in [-0.05, 0) is 25.1 Å². The molecule has 3 aromatic rings. The van der Waals surface area contributed by atoms with Crippen LogP contribution in [0.15, 0.2) is 30.6 Å². The lowest BCUT2D eigenvalue weighted by Gasteiger charge is -2.22. The van der Waals surface area contributed by atoms with Gasteiger partial charge in [0.25, 0.3) is 0 Å². The maximum absolute atomic E-state index is 6.07. The van der Waals surface area contributed by atoms with E-state index in [1.807, 2.05) is 25.1 Å². The van der Waals surface area contributed by atoms with Crippen LogP contribution < -0.4 is 4.90 Å². The van der Waals surface area contributed by atoms with Gasteiger partial charge in [0.1, 0.15) is 5.82 Å². The summed E-state index contributed by atoms with van der Waals surface area (Å²) in [6.07, 6.45) is 4.80. The monoisotopic (exact) mass is 313 g/mol. The highest BCUT2D eigenvalue weighted by Crippen LogP contribution is 2.27. The fraction of sp³-hybridized carbons (Fsp3) is 0.312. The van der Waals surface area contributed by atoms with Crippen molar-refractivity contribution in [2.45, 2.75) is 19.9 Å². The molecule has 0 N–H and O–H groups in total. The Morgan fingerprint density at radius 3 is 3.00 bits per heavy atom. The topological polar surface area (TPSA) is 46.8 Å². The highest BCUT2D eigenvalue weighted by molar-refractivity contribution is 6.31. The van der Waals surface area contributed by atoms with E-state index < -0.39 is 0 Å². The number of halogens is 1. The minimum atomic E-state index is 0.720. The zero-order valence-electron chi connectivity index (χ0n) is 12.3. The number of hydrogen-bond donors (Lipinski definition) is 0. The Morgan fingerprint density at radius 2 is 2.09 bits per heavy atom. The molecule has 0 saturated carbocycles. The quantitative estimate of drug-likeness (QED) is 0.693. The van der Waals surface area contributed by atoms with Crippen LogP contribution in [0.2, 0.25) is 5.02 Å². The molecule has 0 fully saturated rings. The van der Waals surface area contributed by atoms with Crippen molar-refractivity contribution < 1.29 is 0 Å². The average Bonchev–Trinajstić information content (AvgIpc) is 2.75. The van der Waals surface area contributed by atoms with E-state index in [0.29, 0.717) is 0 Å². The molecule has 0 atom stereocenters. The molecular weight excluding hydrogens is 298 g/mol. The highest BCUT2D eigenvalue weighted by atomic mass is 35.5. The van der Waals surface area contributed by atoms with Crippen molar-refractivity contribution in [2.24, 2.45) is 0 Å². The number of fused-ring (bicyclic) bond motifs is 2. The summed E-state index contributed by atoms with van der Waals surface area (Å²) < 4.78 is 2.24. The van der Waals surface area contributed by atoms with Crippen LogP contribution in [0.5, 0.6) is 0 Å². The van der Waals surface area contributed by atoms with E-state index in [-0.39, 0.29) is 0 Å². The maximum Gasteiger partial charge on any atom is 0.159 e. The minimum Gasteiger partial charge on any atom is -0.352 e. The summed E-state index contributed by atoms with van der Waals surface area (Å²) in [5, 5.41) is 11.3. The number of aryl methyl sites for hydroxylation is 1. The van der Waals surface area contributed by atoms with Crippen molar-refractivity contribution >= 4 is 28.2 Å². The van der Waals surface area contributed by atoms with E-state index in [9.17, 15) is 0 Å². The molecule has 5 nitrogen and oxygen atoms in total. The Bertz CT molecular complexity index is 816. The summed E-state index contributed by atoms with van der Waals surface area (Å²) in [6.45, 7) is 4.76. The molecule has 4 rings (SSSR count). The lowest BCUT2D eigenvalue weighted by Crippen LogP contribution is -2.28. The number of anilines is 1. The summed E-state index contributed by atoms with van der Waals surface area (Å²) in [5.41, 5.74) is 1.09. The van der Waals surface area contributed by atoms with E-state index in [4.69, 9.17) is 11.6 Å². The fourth-order valence-corrected chi connectivity index (χ4v) is 3.23.